The average molecular weight is 431 g/mol. The fourth-order valence-electron chi connectivity index (χ4n) is 2.66. The molecule has 0 atom stereocenters. The summed E-state index contributed by atoms with van der Waals surface area (Å²) in [4.78, 5) is 29.3. The van der Waals surface area contributed by atoms with Crippen LogP contribution >= 0.6 is 11.3 Å². The van der Waals surface area contributed by atoms with E-state index in [0.717, 1.165) is 34.8 Å². The first kappa shape index (κ1) is 21.4. The van der Waals surface area contributed by atoms with Crippen molar-refractivity contribution in [2.24, 2.45) is 0 Å². The molecule has 9 heteroatoms. The molecule has 2 amide bonds. The van der Waals surface area contributed by atoms with E-state index in [1.54, 1.807) is 14.0 Å². The first-order valence-corrected chi connectivity index (χ1v) is 9.79. The van der Waals surface area contributed by atoms with Gasteiger partial charge in [0.25, 0.3) is 5.91 Å². The third kappa shape index (κ3) is 5.38. The Labute approximate surface area is 175 Å². The first-order chi connectivity index (χ1) is 14.4. The van der Waals surface area contributed by atoms with Crippen molar-refractivity contribution in [3.05, 3.63) is 75.2 Å². The van der Waals surface area contributed by atoms with E-state index in [2.05, 4.69) is 15.6 Å². The van der Waals surface area contributed by atoms with Crippen LogP contribution in [0, 0.1) is 18.6 Å². The molecule has 0 aliphatic rings. The van der Waals surface area contributed by atoms with Crippen LogP contribution in [0.2, 0.25) is 0 Å². The molecule has 0 unspecified atom stereocenters. The van der Waals surface area contributed by atoms with E-state index in [0.29, 0.717) is 22.1 Å². The number of benzene rings is 2. The van der Waals surface area contributed by atoms with Crippen LogP contribution in [0.25, 0.3) is 0 Å². The third-order valence-corrected chi connectivity index (χ3v) is 5.33. The quantitative estimate of drug-likeness (QED) is 0.596. The van der Waals surface area contributed by atoms with Gasteiger partial charge in [0.1, 0.15) is 15.6 Å². The molecule has 0 saturated heterocycles. The zero-order chi connectivity index (χ0) is 21.7. The van der Waals surface area contributed by atoms with Gasteiger partial charge in [-0.05, 0) is 36.8 Å². The molecule has 3 rings (SSSR count). The van der Waals surface area contributed by atoms with E-state index < -0.39 is 17.5 Å². The van der Waals surface area contributed by atoms with Crippen molar-refractivity contribution in [3.8, 4) is 5.75 Å². The Balaban J connectivity index is 1.58. The van der Waals surface area contributed by atoms with E-state index >= 15 is 0 Å². The van der Waals surface area contributed by atoms with Gasteiger partial charge in [0, 0.05) is 18.3 Å². The predicted molar refractivity (Wildman–Crippen MR) is 110 cm³/mol. The number of ether oxygens (including phenoxy) is 1. The van der Waals surface area contributed by atoms with Crippen molar-refractivity contribution >= 4 is 28.8 Å². The second-order valence-electron chi connectivity index (χ2n) is 6.41. The second-order valence-corrected chi connectivity index (χ2v) is 7.49. The number of carbonyl (C=O) groups is 2. The minimum absolute atomic E-state index is 0.0870. The van der Waals surface area contributed by atoms with E-state index in [1.165, 1.54) is 6.07 Å². The van der Waals surface area contributed by atoms with Crippen molar-refractivity contribution in [2.45, 2.75) is 19.9 Å². The number of rotatable bonds is 7. The summed E-state index contributed by atoms with van der Waals surface area (Å²) < 4.78 is 31.3. The zero-order valence-electron chi connectivity index (χ0n) is 16.3. The predicted octanol–water partition coefficient (Wildman–Crippen LogP) is 3.85. The number of anilines is 1. The fourth-order valence-corrected chi connectivity index (χ4v) is 3.64. The normalized spacial score (nSPS) is 10.5. The van der Waals surface area contributed by atoms with Crippen molar-refractivity contribution in [1.82, 2.24) is 10.3 Å². The number of hydrogen-bond acceptors (Lipinski definition) is 5. The molecule has 0 spiro atoms. The Morgan fingerprint density at radius 3 is 2.50 bits per heavy atom. The zero-order valence-corrected chi connectivity index (χ0v) is 17.1. The van der Waals surface area contributed by atoms with Crippen molar-refractivity contribution in [1.29, 1.82) is 0 Å². The highest BCUT2D eigenvalue weighted by atomic mass is 32.1. The van der Waals surface area contributed by atoms with Gasteiger partial charge in [-0.15, -0.1) is 11.3 Å². The Morgan fingerprint density at radius 1 is 1.10 bits per heavy atom. The molecule has 6 nitrogen and oxygen atoms in total. The van der Waals surface area contributed by atoms with E-state index in [1.807, 2.05) is 24.3 Å². The van der Waals surface area contributed by atoms with Gasteiger partial charge in [0.15, 0.2) is 11.6 Å². The summed E-state index contributed by atoms with van der Waals surface area (Å²) in [5.74, 6) is -2.04. The molecule has 0 radical (unpaired) electrons. The molecule has 1 heterocycles. The molecule has 0 aliphatic heterocycles. The molecule has 0 bridgehead atoms. The van der Waals surface area contributed by atoms with Crippen LogP contribution in [0.15, 0.2) is 42.5 Å². The molecule has 3 aromatic rings. The van der Waals surface area contributed by atoms with Gasteiger partial charge in [-0.25, -0.2) is 13.8 Å². The lowest BCUT2D eigenvalue weighted by molar-refractivity contribution is -0.115. The molecular formula is C21H19F2N3O3S. The lowest BCUT2D eigenvalue weighted by Crippen LogP contribution is -2.22. The highest BCUT2D eigenvalue weighted by molar-refractivity contribution is 7.13. The van der Waals surface area contributed by atoms with Gasteiger partial charge in [-0.1, -0.05) is 12.1 Å². The van der Waals surface area contributed by atoms with Crippen LogP contribution in [0.1, 0.15) is 25.9 Å². The lowest BCUT2D eigenvalue weighted by atomic mass is 10.2. The molecule has 0 fully saturated rings. The fraction of sp³-hybridized carbons (Fsp3) is 0.190. The number of carbonyl (C=O) groups excluding carboxylic acids is 2. The van der Waals surface area contributed by atoms with Gasteiger partial charge in [0.05, 0.1) is 19.2 Å². The summed E-state index contributed by atoms with van der Waals surface area (Å²) in [7, 11) is 1.58. The average Bonchev–Trinajstić information content (AvgIpc) is 3.09. The van der Waals surface area contributed by atoms with Gasteiger partial charge in [-0.2, -0.15) is 0 Å². The molecule has 156 valence electrons. The lowest BCUT2D eigenvalue weighted by Gasteiger charge is -2.05. The van der Waals surface area contributed by atoms with E-state index in [4.69, 9.17) is 4.74 Å². The maximum atomic E-state index is 13.2. The summed E-state index contributed by atoms with van der Waals surface area (Å²) in [6, 6.07) is 10.4. The van der Waals surface area contributed by atoms with Crippen LogP contribution in [-0.2, 0) is 17.8 Å². The summed E-state index contributed by atoms with van der Waals surface area (Å²) in [5, 5.41) is 5.75. The summed E-state index contributed by atoms with van der Waals surface area (Å²) in [5.41, 5.74) is 1.57. The summed E-state index contributed by atoms with van der Waals surface area (Å²) >= 11 is 1.12. The summed E-state index contributed by atoms with van der Waals surface area (Å²) in [6.45, 7) is 2.03. The van der Waals surface area contributed by atoms with Crippen LogP contribution in [0.4, 0.5) is 14.5 Å². The first-order valence-electron chi connectivity index (χ1n) is 8.98. The van der Waals surface area contributed by atoms with Crippen LogP contribution in [-0.4, -0.2) is 23.9 Å². The molecule has 2 N–H and O–H groups in total. The van der Waals surface area contributed by atoms with Gasteiger partial charge in [-0.3, -0.25) is 9.59 Å². The number of aromatic nitrogens is 1. The molecule has 1 aromatic heterocycles. The van der Waals surface area contributed by atoms with Gasteiger partial charge < -0.3 is 15.4 Å². The topological polar surface area (TPSA) is 80.3 Å². The number of methoxy groups -OCH3 is 1. The number of halogens is 2. The van der Waals surface area contributed by atoms with Crippen LogP contribution in [0.5, 0.6) is 5.75 Å². The monoisotopic (exact) mass is 431 g/mol. The largest absolute Gasteiger partial charge is 0.497 e. The molecule has 2 aromatic carbocycles. The van der Waals surface area contributed by atoms with Gasteiger partial charge >= 0.3 is 0 Å². The number of aryl methyl sites for hydroxylation is 1. The molecule has 30 heavy (non-hydrogen) atoms. The Morgan fingerprint density at radius 2 is 1.83 bits per heavy atom. The van der Waals surface area contributed by atoms with Crippen LogP contribution < -0.4 is 15.4 Å². The van der Waals surface area contributed by atoms with E-state index in [9.17, 15) is 18.4 Å². The maximum Gasteiger partial charge on any atom is 0.263 e. The minimum atomic E-state index is -1.05. The molecule has 0 aliphatic carbocycles. The molecular weight excluding hydrogens is 412 g/mol. The Bertz CT molecular complexity index is 1070. The van der Waals surface area contributed by atoms with Gasteiger partial charge in [0.2, 0.25) is 5.91 Å². The third-order valence-electron chi connectivity index (χ3n) is 4.17. The highest BCUT2D eigenvalue weighted by Gasteiger charge is 2.17. The van der Waals surface area contributed by atoms with Crippen LogP contribution in [0.3, 0.4) is 0 Å². The Hall–Kier alpha value is -3.33. The number of hydrogen-bond donors (Lipinski definition) is 2. The Kier molecular flexibility index (Phi) is 6.73. The molecule has 0 saturated carbocycles. The second kappa shape index (κ2) is 9.45. The minimum Gasteiger partial charge on any atom is -0.497 e. The number of nitrogens with one attached hydrogen (secondary N) is 2. The summed E-state index contributed by atoms with van der Waals surface area (Å²) in [6.07, 6.45) is -0.0870. The standard InChI is InChI=1S/C21H19F2N3O3S/c1-12-20(21(28)24-11-13-3-6-15(29-2)7-4-13)30-19(25-12)10-18(27)26-14-5-8-16(22)17(23)9-14/h3-9H,10-11H2,1-2H3,(H,24,28)(H,26,27). The highest BCUT2D eigenvalue weighted by Crippen LogP contribution is 2.20. The van der Waals surface area contributed by atoms with Crippen molar-refractivity contribution in [2.75, 3.05) is 12.4 Å². The maximum absolute atomic E-state index is 13.2. The number of thiazole rings is 1. The number of nitrogens with zero attached hydrogens (tertiary/aromatic N) is 1. The van der Waals surface area contributed by atoms with Crippen molar-refractivity contribution < 1.29 is 23.1 Å². The van der Waals surface area contributed by atoms with Crippen molar-refractivity contribution in [3.63, 3.8) is 0 Å². The SMILES string of the molecule is COc1ccc(CNC(=O)c2sc(CC(=O)Nc3ccc(F)c(F)c3)nc2C)cc1. The van der Waals surface area contributed by atoms with E-state index in [-0.39, 0.29) is 18.0 Å². The number of amides is 2. The smallest absolute Gasteiger partial charge is 0.263 e.